The van der Waals surface area contributed by atoms with Gasteiger partial charge in [0.15, 0.2) is 6.79 Å². The summed E-state index contributed by atoms with van der Waals surface area (Å²) < 4.78 is 50.4. The van der Waals surface area contributed by atoms with E-state index in [1.54, 1.807) is 0 Å². The molecule has 0 aliphatic carbocycles. The fourth-order valence-electron chi connectivity index (χ4n) is 2.67. The van der Waals surface area contributed by atoms with Crippen molar-refractivity contribution in [1.29, 1.82) is 0 Å². The third kappa shape index (κ3) is 6.63. The van der Waals surface area contributed by atoms with Gasteiger partial charge >= 0.3 is 0 Å². The van der Waals surface area contributed by atoms with Gasteiger partial charge < -0.3 is 14.8 Å². The fourth-order valence-corrected chi connectivity index (χ4v) is 3.96. The Bertz CT molecular complexity index is 758. The summed E-state index contributed by atoms with van der Waals surface area (Å²) in [5.74, 6) is 0.358. The second-order valence-corrected chi connectivity index (χ2v) is 9.09. The van der Waals surface area contributed by atoms with Crippen LogP contribution in [0.15, 0.2) is 12.1 Å². The maximum atomic E-state index is 13.8. The molecule has 1 aliphatic heterocycles. The maximum Gasteiger partial charge on any atom is 0.238 e. The average molecular weight is 421 g/mol. The van der Waals surface area contributed by atoms with Crippen molar-refractivity contribution in [2.24, 2.45) is 0 Å². The van der Waals surface area contributed by atoms with Crippen LogP contribution in [0, 0.1) is 5.82 Å². The second-order valence-electron chi connectivity index (χ2n) is 6.06. The Morgan fingerprint density at radius 1 is 1.41 bits per heavy atom. The first kappa shape index (κ1) is 21.9. The zero-order chi connectivity index (χ0) is 19.9. The molecule has 1 atom stereocenters. The minimum Gasteiger partial charge on any atom is -0.467 e. The summed E-state index contributed by atoms with van der Waals surface area (Å²) in [5.41, 5.74) is 1.28. The van der Waals surface area contributed by atoms with E-state index in [2.05, 4.69) is 10.0 Å². The number of fused-ring (bicyclic) bond motifs is 1. The predicted octanol–water partition coefficient (Wildman–Crippen LogP) is 1.41. The Morgan fingerprint density at radius 3 is 2.89 bits per heavy atom. The lowest BCUT2D eigenvalue weighted by Crippen LogP contribution is -2.47. The van der Waals surface area contributed by atoms with Gasteiger partial charge in [-0.3, -0.25) is 4.79 Å². The lowest BCUT2D eigenvalue weighted by molar-refractivity contribution is -0.122. The lowest BCUT2D eigenvalue weighted by Gasteiger charge is -2.21. The Labute approximate surface area is 163 Å². The zero-order valence-corrected chi connectivity index (χ0v) is 17.1. The fraction of sp³-hybridized carbons (Fsp3) is 0.588. The minimum atomic E-state index is -3.49. The van der Waals surface area contributed by atoms with Gasteiger partial charge in [-0.2, -0.15) is 11.8 Å². The van der Waals surface area contributed by atoms with Gasteiger partial charge in [0, 0.05) is 12.1 Å². The van der Waals surface area contributed by atoms with Gasteiger partial charge in [0.25, 0.3) is 0 Å². The van der Waals surface area contributed by atoms with Crippen LogP contribution in [-0.2, 0) is 32.6 Å². The highest BCUT2D eigenvalue weighted by atomic mass is 32.2. The van der Waals surface area contributed by atoms with Gasteiger partial charge in [-0.05, 0) is 49.5 Å². The van der Waals surface area contributed by atoms with Gasteiger partial charge in [-0.25, -0.2) is 17.5 Å². The first-order valence-electron chi connectivity index (χ1n) is 8.64. The molecule has 0 fully saturated rings. The van der Waals surface area contributed by atoms with Crippen LogP contribution in [0.4, 0.5) is 4.39 Å². The molecule has 0 saturated heterocycles. The van der Waals surface area contributed by atoms with Crippen molar-refractivity contribution >= 4 is 27.7 Å². The standard InChI is InChI=1S/C17H25FN2O5S2/c1-3-27(22,23)20-15(5-7-26-2)17(21)19-6-4-12-8-14(18)9-13-10-24-11-25-16(12)13/h8-9,15,20H,3-7,10-11H2,1-2H3,(H,19,21). The van der Waals surface area contributed by atoms with Gasteiger partial charge in [-0.15, -0.1) is 0 Å². The summed E-state index contributed by atoms with van der Waals surface area (Å²) >= 11 is 1.53. The van der Waals surface area contributed by atoms with Gasteiger partial charge in [0.05, 0.1) is 12.4 Å². The Balaban J connectivity index is 1.98. The molecule has 1 aliphatic rings. The SMILES string of the molecule is CCS(=O)(=O)NC(CCSC)C(=O)NCCc1cc(F)cc2c1OCOC2. The van der Waals surface area contributed by atoms with Crippen LogP contribution < -0.4 is 14.8 Å². The number of rotatable bonds is 10. The number of thioether (sulfide) groups is 1. The second kappa shape index (κ2) is 10.3. The summed E-state index contributed by atoms with van der Waals surface area (Å²) in [7, 11) is -3.49. The number of carbonyl (C=O) groups is 1. The number of nitrogens with one attached hydrogen (secondary N) is 2. The monoisotopic (exact) mass is 420 g/mol. The number of ether oxygens (including phenoxy) is 2. The molecule has 7 nitrogen and oxygen atoms in total. The van der Waals surface area contributed by atoms with Crippen molar-refractivity contribution in [1.82, 2.24) is 10.0 Å². The Morgan fingerprint density at radius 2 is 2.19 bits per heavy atom. The van der Waals surface area contributed by atoms with E-state index < -0.39 is 27.8 Å². The van der Waals surface area contributed by atoms with E-state index in [-0.39, 0.29) is 25.7 Å². The number of carbonyl (C=O) groups excluding carboxylic acids is 1. The van der Waals surface area contributed by atoms with Crippen molar-refractivity contribution in [3.8, 4) is 5.75 Å². The van der Waals surface area contributed by atoms with Crippen LogP contribution >= 0.6 is 11.8 Å². The highest BCUT2D eigenvalue weighted by molar-refractivity contribution is 7.98. The molecule has 1 aromatic carbocycles. The smallest absolute Gasteiger partial charge is 0.238 e. The first-order chi connectivity index (χ1) is 12.9. The number of hydrogen-bond acceptors (Lipinski definition) is 6. The normalized spacial score (nSPS) is 14.9. The number of amides is 1. The molecule has 2 N–H and O–H groups in total. The molecule has 1 amide bonds. The molecule has 152 valence electrons. The number of hydrogen-bond donors (Lipinski definition) is 2. The van der Waals surface area contributed by atoms with Crippen molar-refractivity contribution in [2.75, 3.05) is 31.1 Å². The van der Waals surface area contributed by atoms with Gasteiger partial charge in [-0.1, -0.05) is 0 Å². The van der Waals surface area contributed by atoms with Crippen molar-refractivity contribution in [3.05, 3.63) is 29.1 Å². The van der Waals surface area contributed by atoms with Crippen LogP contribution in [0.1, 0.15) is 24.5 Å². The molecule has 0 bridgehead atoms. The molecule has 1 heterocycles. The molecule has 0 aromatic heterocycles. The minimum absolute atomic E-state index is 0.0924. The Hall–Kier alpha value is -1.36. The molecule has 2 rings (SSSR count). The quantitative estimate of drug-likeness (QED) is 0.595. The predicted molar refractivity (Wildman–Crippen MR) is 103 cm³/mol. The molecule has 1 unspecified atom stereocenters. The molecule has 10 heteroatoms. The van der Waals surface area contributed by atoms with Crippen LogP contribution in [0.5, 0.6) is 5.75 Å². The van der Waals surface area contributed by atoms with Crippen LogP contribution in [0.2, 0.25) is 0 Å². The molecule has 0 saturated carbocycles. The Kier molecular flexibility index (Phi) is 8.33. The summed E-state index contributed by atoms with van der Waals surface area (Å²) in [6.07, 6.45) is 2.64. The van der Waals surface area contributed by atoms with E-state index in [0.29, 0.717) is 35.5 Å². The maximum absolute atomic E-state index is 13.8. The van der Waals surface area contributed by atoms with E-state index in [4.69, 9.17) is 9.47 Å². The number of benzene rings is 1. The molecular formula is C17H25FN2O5S2. The largest absolute Gasteiger partial charge is 0.467 e. The summed E-state index contributed by atoms with van der Waals surface area (Å²) in [5, 5.41) is 2.73. The van der Waals surface area contributed by atoms with E-state index in [1.165, 1.54) is 30.8 Å². The first-order valence-corrected chi connectivity index (χ1v) is 11.7. The number of sulfonamides is 1. The van der Waals surface area contributed by atoms with Crippen LogP contribution in [0.25, 0.3) is 0 Å². The van der Waals surface area contributed by atoms with Crippen molar-refractivity contribution < 1.29 is 27.1 Å². The zero-order valence-electron chi connectivity index (χ0n) is 15.4. The molecule has 27 heavy (non-hydrogen) atoms. The molecule has 1 aromatic rings. The summed E-state index contributed by atoms with van der Waals surface area (Å²) in [6, 6.07) is 1.92. The molecule has 0 radical (unpaired) electrons. The van der Waals surface area contributed by atoms with Gasteiger partial charge in [0.1, 0.15) is 17.6 Å². The van der Waals surface area contributed by atoms with Gasteiger partial charge in [0.2, 0.25) is 15.9 Å². The third-order valence-electron chi connectivity index (χ3n) is 4.07. The summed E-state index contributed by atoms with van der Waals surface area (Å²) in [6.45, 7) is 2.14. The topological polar surface area (TPSA) is 93.7 Å². The van der Waals surface area contributed by atoms with Crippen molar-refractivity contribution in [2.45, 2.75) is 32.4 Å². The highest BCUT2D eigenvalue weighted by Gasteiger charge is 2.23. The highest BCUT2D eigenvalue weighted by Crippen LogP contribution is 2.29. The third-order valence-corrected chi connectivity index (χ3v) is 6.12. The van der Waals surface area contributed by atoms with E-state index >= 15 is 0 Å². The van der Waals surface area contributed by atoms with Crippen molar-refractivity contribution in [3.63, 3.8) is 0 Å². The summed E-state index contributed by atoms with van der Waals surface area (Å²) in [4.78, 5) is 12.4. The van der Waals surface area contributed by atoms with E-state index in [1.807, 2.05) is 6.26 Å². The lowest BCUT2D eigenvalue weighted by atomic mass is 10.1. The van der Waals surface area contributed by atoms with E-state index in [0.717, 1.165) is 0 Å². The van der Waals surface area contributed by atoms with Crippen LogP contribution in [0.3, 0.4) is 0 Å². The molecule has 0 spiro atoms. The average Bonchev–Trinajstić information content (AvgIpc) is 2.64. The van der Waals surface area contributed by atoms with Crippen LogP contribution in [-0.4, -0.2) is 51.5 Å². The number of halogens is 1. The van der Waals surface area contributed by atoms with E-state index in [9.17, 15) is 17.6 Å². The molecular weight excluding hydrogens is 395 g/mol.